The Balaban J connectivity index is 2.29. The maximum Gasteiger partial charge on any atom is 0.324 e. The summed E-state index contributed by atoms with van der Waals surface area (Å²) in [5.41, 5.74) is 1.29. The third-order valence-corrected chi connectivity index (χ3v) is 6.35. The Morgan fingerprint density at radius 3 is 2.52 bits per heavy atom. The first-order valence-electron chi connectivity index (χ1n) is 9.49. The summed E-state index contributed by atoms with van der Waals surface area (Å²) >= 11 is 1.60. The average Bonchev–Trinajstić information content (AvgIpc) is 3.08. The third kappa shape index (κ3) is 5.53. The number of benzene rings is 1. The van der Waals surface area contributed by atoms with Crippen LogP contribution in [0.5, 0.6) is 0 Å². The molecule has 0 aliphatic carbocycles. The number of anilines is 1. The molecule has 0 saturated carbocycles. The highest BCUT2D eigenvalue weighted by Gasteiger charge is 2.27. The molecule has 0 aliphatic heterocycles. The third-order valence-electron chi connectivity index (χ3n) is 4.72. The van der Waals surface area contributed by atoms with Crippen molar-refractivity contribution in [3.8, 4) is 0 Å². The molecule has 1 heterocycles. The van der Waals surface area contributed by atoms with E-state index in [1.807, 2.05) is 13.8 Å². The van der Waals surface area contributed by atoms with E-state index in [0.717, 1.165) is 15.6 Å². The predicted octanol–water partition coefficient (Wildman–Crippen LogP) is 4.90. The number of hydrogen-bond donors (Lipinski definition) is 0. The van der Waals surface area contributed by atoms with Gasteiger partial charge in [-0.15, -0.1) is 11.3 Å². The molecule has 1 aromatic heterocycles. The Morgan fingerprint density at radius 2 is 1.97 bits per heavy atom. The van der Waals surface area contributed by atoms with Gasteiger partial charge in [-0.1, -0.05) is 19.9 Å². The number of rotatable bonds is 7. The van der Waals surface area contributed by atoms with Crippen molar-refractivity contribution in [2.45, 2.75) is 46.1 Å². The number of halogens is 1. The molecule has 0 radical (unpaired) electrons. The molecule has 158 valence electrons. The van der Waals surface area contributed by atoms with Crippen LogP contribution in [0.1, 0.15) is 54.7 Å². The lowest BCUT2D eigenvalue weighted by Gasteiger charge is -2.31. The number of carbonyl (C=O) groups is 2. The minimum absolute atomic E-state index is 0.0120. The summed E-state index contributed by atoms with van der Waals surface area (Å²) in [6.45, 7) is 8.13. The molecule has 0 spiro atoms. The van der Waals surface area contributed by atoms with Crippen LogP contribution in [0.4, 0.5) is 14.9 Å². The van der Waals surface area contributed by atoms with Crippen LogP contribution in [0.2, 0.25) is 0 Å². The van der Waals surface area contributed by atoms with Gasteiger partial charge in [-0.05, 0) is 32.0 Å². The van der Waals surface area contributed by atoms with Gasteiger partial charge in [0, 0.05) is 30.1 Å². The lowest BCUT2D eigenvalue weighted by atomic mass is 10.2. The first-order valence-corrected chi connectivity index (χ1v) is 10.3. The second-order valence-electron chi connectivity index (χ2n) is 7.18. The van der Waals surface area contributed by atoms with Crippen molar-refractivity contribution in [2.24, 2.45) is 0 Å². The van der Waals surface area contributed by atoms with Crippen LogP contribution in [0.25, 0.3) is 0 Å². The topological polar surface area (TPSA) is 62.7 Å². The Labute approximate surface area is 175 Å². The predicted molar refractivity (Wildman–Crippen MR) is 113 cm³/mol. The van der Waals surface area contributed by atoms with Gasteiger partial charge in [0.05, 0.1) is 30.3 Å². The molecule has 0 aliphatic rings. The van der Waals surface area contributed by atoms with E-state index in [4.69, 9.17) is 0 Å². The number of amides is 2. The quantitative estimate of drug-likeness (QED) is 0.597. The Bertz CT molecular complexity index is 869. The van der Waals surface area contributed by atoms with E-state index in [-0.39, 0.29) is 25.0 Å². The molecule has 0 fully saturated rings. The van der Waals surface area contributed by atoms with Gasteiger partial charge < -0.3 is 9.64 Å². The summed E-state index contributed by atoms with van der Waals surface area (Å²) in [5, 5.41) is 1.03. The van der Waals surface area contributed by atoms with E-state index >= 15 is 0 Å². The Kier molecular flexibility index (Phi) is 7.73. The van der Waals surface area contributed by atoms with E-state index in [1.54, 1.807) is 29.4 Å². The molecule has 8 heteroatoms. The number of aromatic nitrogens is 1. The molecule has 2 amide bonds. The highest BCUT2D eigenvalue weighted by Crippen LogP contribution is 2.32. The maximum absolute atomic E-state index is 13.8. The van der Waals surface area contributed by atoms with Crippen LogP contribution >= 0.6 is 11.3 Å². The van der Waals surface area contributed by atoms with Gasteiger partial charge in [-0.2, -0.15) is 0 Å². The van der Waals surface area contributed by atoms with Crippen LogP contribution in [0.15, 0.2) is 24.3 Å². The highest BCUT2D eigenvalue weighted by molar-refractivity contribution is 7.11. The number of carbonyl (C=O) groups excluding carboxylic acids is 2. The number of aryl methyl sites for hydroxylation is 1. The van der Waals surface area contributed by atoms with Gasteiger partial charge in [0.25, 0.3) is 0 Å². The van der Waals surface area contributed by atoms with Gasteiger partial charge >= 0.3 is 12.0 Å². The summed E-state index contributed by atoms with van der Waals surface area (Å²) in [7, 11) is 3.00. The first kappa shape index (κ1) is 22.8. The van der Waals surface area contributed by atoms with Gasteiger partial charge in [0.1, 0.15) is 5.82 Å². The normalized spacial score (nSPS) is 12.0. The molecular formula is C21H28FN3O3S. The molecule has 0 bridgehead atoms. The fourth-order valence-electron chi connectivity index (χ4n) is 2.88. The largest absolute Gasteiger partial charge is 0.469 e. The van der Waals surface area contributed by atoms with Crippen molar-refractivity contribution in [3.05, 3.63) is 45.7 Å². The van der Waals surface area contributed by atoms with Crippen LogP contribution in [0.3, 0.4) is 0 Å². The maximum atomic E-state index is 13.8. The number of urea groups is 1. The highest BCUT2D eigenvalue weighted by atomic mass is 32.1. The van der Waals surface area contributed by atoms with E-state index < -0.39 is 11.8 Å². The lowest BCUT2D eigenvalue weighted by Crippen LogP contribution is -2.43. The van der Waals surface area contributed by atoms with Crippen molar-refractivity contribution < 1.29 is 18.7 Å². The molecule has 0 unspecified atom stereocenters. The van der Waals surface area contributed by atoms with Crippen molar-refractivity contribution in [2.75, 3.05) is 25.6 Å². The molecule has 0 saturated heterocycles. The number of methoxy groups -OCH3 is 1. The zero-order valence-corrected chi connectivity index (χ0v) is 18.5. The van der Waals surface area contributed by atoms with E-state index in [9.17, 15) is 14.0 Å². The molecule has 0 N–H and O–H groups in total. The van der Waals surface area contributed by atoms with Crippen molar-refractivity contribution in [1.82, 2.24) is 9.88 Å². The van der Waals surface area contributed by atoms with E-state index in [2.05, 4.69) is 23.6 Å². The van der Waals surface area contributed by atoms with Gasteiger partial charge in [0.2, 0.25) is 0 Å². The van der Waals surface area contributed by atoms with Crippen molar-refractivity contribution >= 4 is 29.0 Å². The van der Waals surface area contributed by atoms with Gasteiger partial charge in [-0.3, -0.25) is 9.69 Å². The van der Waals surface area contributed by atoms with E-state index in [1.165, 1.54) is 30.2 Å². The zero-order chi connectivity index (χ0) is 21.7. The number of ether oxygens (including phenoxy) is 1. The van der Waals surface area contributed by atoms with Crippen LogP contribution in [-0.2, 0) is 9.53 Å². The number of thiazole rings is 1. The van der Waals surface area contributed by atoms with Crippen molar-refractivity contribution in [1.29, 1.82) is 0 Å². The summed E-state index contributed by atoms with van der Waals surface area (Å²) < 4.78 is 18.4. The lowest BCUT2D eigenvalue weighted by molar-refractivity contribution is -0.140. The molecule has 1 aromatic carbocycles. The second-order valence-corrected chi connectivity index (χ2v) is 8.25. The Morgan fingerprint density at radius 1 is 1.28 bits per heavy atom. The minimum Gasteiger partial charge on any atom is -0.469 e. The SMILES string of the molecule is COC(=O)CCN(C(=O)N(C)[C@@H](C)c1sc(C(C)C)nc1C)c1cccc(F)c1. The average molecular weight is 422 g/mol. The van der Waals surface area contributed by atoms with Crippen LogP contribution in [0, 0.1) is 12.7 Å². The summed E-state index contributed by atoms with van der Waals surface area (Å²) in [5.74, 6) is -0.576. The number of nitrogens with zero attached hydrogens (tertiary/aromatic N) is 3. The van der Waals surface area contributed by atoms with Gasteiger partial charge in [0.15, 0.2) is 0 Å². The molecule has 6 nitrogen and oxygen atoms in total. The van der Waals surface area contributed by atoms with Crippen molar-refractivity contribution in [3.63, 3.8) is 0 Å². The molecule has 2 rings (SSSR count). The summed E-state index contributed by atoms with van der Waals surface area (Å²) in [4.78, 5) is 33.5. The molecule has 2 aromatic rings. The van der Waals surface area contributed by atoms with Crippen LogP contribution in [-0.4, -0.2) is 42.6 Å². The molecule has 1 atom stereocenters. The molecule has 29 heavy (non-hydrogen) atoms. The van der Waals surface area contributed by atoms with E-state index in [0.29, 0.717) is 11.6 Å². The number of esters is 1. The van der Waals surface area contributed by atoms with Gasteiger partial charge in [-0.25, -0.2) is 14.2 Å². The summed E-state index contributed by atoms with van der Waals surface area (Å²) in [6, 6.07) is 5.23. The Hall–Kier alpha value is -2.48. The first-order chi connectivity index (χ1) is 13.6. The second kappa shape index (κ2) is 9.82. The molecular weight excluding hydrogens is 393 g/mol. The fraction of sp³-hybridized carbons (Fsp3) is 0.476. The monoisotopic (exact) mass is 421 g/mol. The summed E-state index contributed by atoms with van der Waals surface area (Å²) in [6.07, 6.45) is 0.0120. The minimum atomic E-state index is -0.450. The number of hydrogen-bond acceptors (Lipinski definition) is 5. The smallest absolute Gasteiger partial charge is 0.324 e. The fourth-order valence-corrected chi connectivity index (χ4v) is 4.05. The van der Waals surface area contributed by atoms with Crippen LogP contribution < -0.4 is 4.90 Å². The zero-order valence-electron chi connectivity index (χ0n) is 17.7. The standard InChI is InChI=1S/C21H28FN3O3S/c1-13(2)20-23-14(3)19(29-20)15(4)24(5)21(27)25(11-10-18(26)28-6)17-9-7-8-16(22)12-17/h7-9,12-13,15H,10-11H2,1-6H3/t15-/m0/s1.